The molecule has 0 bridgehead atoms. The fourth-order valence-electron chi connectivity index (χ4n) is 1.83. The molecule has 0 aliphatic heterocycles. The molecule has 0 fully saturated rings. The lowest BCUT2D eigenvalue weighted by Crippen LogP contribution is -2.13. The molecule has 0 aliphatic rings. The van der Waals surface area contributed by atoms with Crippen LogP contribution in [-0.2, 0) is 12.8 Å². The van der Waals surface area contributed by atoms with Crippen molar-refractivity contribution >= 4 is 11.6 Å². The summed E-state index contributed by atoms with van der Waals surface area (Å²) in [6.07, 6.45) is 2.83. The van der Waals surface area contributed by atoms with Crippen molar-refractivity contribution in [3.05, 3.63) is 23.6 Å². The number of aryl methyl sites for hydroxylation is 1. The molecule has 0 saturated heterocycles. The van der Waals surface area contributed by atoms with E-state index in [0.717, 1.165) is 36.0 Å². The van der Waals surface area contributed by atoms with Crippen LogP contribution in [0.4, 0.5) is 11.6 Å². The van der Waals surface area contributed by atoms with Crippen molar-refractivity contribution in [2.75, 3.05) is 23.7 Å². The van der Waals surface area contributed by atoms with Gasteiger partial charge in [-0.25, -0.2) is 9.97 Å². The first-order chi connectivity index (χ1) is 9.74. The van der Waals surface area contributed by atoms with Crippen LogP contribution in [0.3, 0.4) is 0 Å². The SMILES string of the molecule is CCNc1nc(CC)nc(NCCc2ncon2)c1C. The summed E-state index contributed by atoms with van der Waals surface area (Å²) in [5, 5.41) is 10.4. The standard InChI is InChI=1S/C13H20N6O/c1-4-10-17-12(14-5-2)9(3)13(18-10)15-7-6-11-16-8-20-19-11/h8H,4-7H2,1-3H3,(H2,14,15,17,18). The second-order valence-electron chi connectivity index (χ2n) is 4.37. The zero-order chi connectivity index (χ0) is 14.4. The summed E-state index contributed by atoms with van der Waals surface area (Å²) in [7, 11) is 0. The van der Waals surface area contributed by atoms with E-state index in [9.17, 15) is 0 Å². The van der Waals surface area contributed by atoms with Gasteiger partial charge in [0.25, 0.3) is 0 Å². The average Bonchev–Trinajstić information content (AvgIpc) is 2.96. The molecule has 0 aromatic carbocycles. The van der Waals surface area contributed by atoms with Gasteiger partial charge < -0.3 is 15.2 Å². The number of nitrogens with zero attached hydrogens (tertiary/aromatic N) is 4. The Hall–Kier alpha value is -2.18. The van der Waals surface area contributed by atoms with Crippen molar-refractivity contribution in [3.8, 4) is 0 Å². The summed E-state index contributed by atoms with van der Waals surface area (Å²) >= 11 is 0. The molecule has 0 atom stereocenters. The summed E-state index contributed by atoms with van der Waals surface area (Å²) in [6, 6.07) is 0. The molecular formula is C13H20N6O. The normalized spacial score (nSPS) is 10.6. The van der Waals surface area contributed by atoms with Crippen LogP contribution in [0.2, 0.25) is 0 Å². The maximum Gasteiger partial charge on any atom is 0.213 e. The first-order valence-electron chi connectivity index (χ1n) is 6.85. The zero-order valence-corrected chi connectivity index (χ0v) is 12.1. The lowest BCUT2D eigenvalue weighted by atomic mass is 10.2. The lowest BCUT2D eigenvalue weighted by molar-refractivity contribution is 0.410. The van der Waals surface area contributed by atoms with E-state index < -0.39 is 0 Å². The molecule has 7 nitrogen and oxygen atoms in total. The monoisotopic (exact) mass is 276 g/mol. The molecule has 7 heteroatoms. The van der Waals surface area contributed by atoms with Crippen LogP contribution in [0.1, 0.15) is 31.1 Å². The summed E-state index contributed by atoms with van der Waals surface area (Å²) in [4.78, 5) is 13.0. The zero-order valence-electron chi connectivity index (χ0n) is 12.1. The summed E-state index contributed by atoms with van der Waals surface area (Å²) in [5.41, 5.74) is 1.03. The highest BCUT2D eigenvalue weighted by atomic mass is 16.5. The van der Waals surface area contributed by atoms with Gasteiger partial charge in [-0.05, 0) is 13.8 Å². The molecule has 2 aromatic rings. The van der Waals surface area contributed by atoms with Crippen LogP contribution in [0.5, 0.6) is 0 Å². The molecule has 0 radical (unpaired) electrons. The molecule has 0 amide bonds. The van der Waals surface area contributed by atoms with Crippen molar-refractivity contribution < 1.29 is 4.52 Å². The second-order valence-corrected chi connectivity index (χ2v) is 4.37. The maximum atomic E-state index is 4.70. The van der Waals surface area contributed by atoms with E-state index in [1.54, 1.807) is 0 Å². The Balaban J connectivity index is 2.07. The van der Waals surface area contributed by atoms with Gasteiger partial charge in [-0.3, -0.25) is 0 Å². The highest BCUT2D eigenvalue weighted by Crippen LogP contribution is 2.20. The van der Waals surface area contributed by atoms with Gasteiger partial charge in [0.15, 0.2) is 5.82 Å². The van der Waals surface area contributed by atoms with Crippen molar-refractivity contribution in [3.63, 3.8) is 0 Å². The largest absolute Gasteiger partial charge is 0.370 e. The Kier molecular flexibility index (Phi) is 4.86. The molecule has 0 saturated carbocycles. The van der Waals surface area contributed by atoms with Gasteiger partial charge in [0, 0.05) is 31.5 Å². The Labute approximate surface area is 118 Å². The molecule has 0 unspecified atom stereocenters. The number of nitrogens with one attached hydrogen (secondary N) is 2. The van der Waals surface area contributed by atoms with Crippen LogP contribution in [0.25, 0.3) is 0 Å². The predicted octanol–water partition coefficient (Wildman–Crippen LogP) is 1.82. The molecule has 2 aromatic heterocycles. The van der Waals surface area contributed by atoms with E-state index in [1.807, 2.05) is 13.8 Å². The van der Waals surface area contributed by atoms with Gasteiger partial charge in [0.05, 0.1) is 0 Å². The molecule has 2 heterocycles. The Morgan fingerprint density at radius 2 is 1.85 bits per heavy atom. The maximum absolute atomic E-state index is 4.70. The fourth-order valence-corrected chi connectivity index (χ4v) is 1.83. The lowest BCUT2D eigenvalue weighted by Gasteiger charge is -2.13. The highest BCUT2D eigenvalue weighted by Gasteiger charge is 2.09. The third-order valence-corrected chi connectivity index (χ3v) is 2.90. The highest BCUT2D eigenvalue weighted by molar-refractivity contribution is 5.57. The fraction of sp³-hybridized carbons (Fsp3) is 0.538. The molecule has 2 rings (SSSR count). The van der Waals surface area contributed by atoms with Crippen LogP contribution in [0, 0.1) is 6.92 Å². The van der Waals surface area contributed by atoms with Crippen LogP contribution >= 0.6 is 0 Å². The third kappa shape index (κ3) is 3.43. The van der Waals surface area contributed by atoms with E-state index in [2.05, 4.69) is 37.7 Å². The minimum Gasteiger partial charge on any atom is -0.370 e. The van der Waals surface area contributed by atoms with E-state index in [4.69, 9.17) is 4.52 Å². The molecule has 2 N–H and O–H groups in total. The molecule has 20 heavy (non-hydrogen) atoms. The summed E-state index contributed by atoms with van der Waals surface area (Å²) in [6.45, 7) is 7.64. The number of anilines is 2. The molecular weight excluding hydrogens is 256 g/mol. The van der Waals surface area contributed by atoms with E-state index in [0.29, 0.717) is 18.8 Å². The van der Waals surface area contributed by atoms with Crippen molar-refractivity contribution in [1.29, 1.82) is 0 Å². The van der Waals surface area contributed by atoms with E-state index >= 15 is 0 Å². The minimum absolute atomic E-state index is 0.687. The number of rotatable bonds is 7. The summed E-state index contributed by atoms with van der Waals surface area (Å²) < 4.78 is 4.70. The average molecular weight is 276 g/mol. The number of hydrogen-bond donors (Lipinski definition) is 2. The van der Waals surface area contributed by atoms with Gasteiger partial charge in [0.1, 0.15) is 17.5 Å². The topological polar surface area (TPSA) is 88.8 Å². The van der Waals surface area contributed by atoms with Gasteiger partial charge in [0.2, 0.25) is 6.39 Å². The minimum atomic E-state index is 0.687. The van der Waals surface area contributed by atoms with Crippen molar-refractivity contribution in [1.82, 2.24) is 20.1 Å². The number of aromatic nitrogens is 4. The molecule has 108 valence electrons. The quantitative estimate of drug-likeness (QED) is 0.797. The van der Waals surface area contributed by atoms with Gasteiger partial charge >= 0.3 is 0 Å². The Morgan fingerprint density at radius 3 is 2.45 bits per heavy atom. The van der Waals surface area contributed by atoms with Gasteiger partial charge in [-0.2, -0.15) is 4.98 Å². The van der Waals surface area contributed by atoms with Gasteiger partial charge in [-0.1, -0.05) is 12.1 Å². The predicted molar refractivity (Wildman–Crippen MR) is 76.8 cm³/mol. The summed E-state index contributed by atoms with van der Waals surface area (Å²) in [5.74, 6) is 3.26. The number of hydrogen-bond acceptors (Lipinski definition) is 7. The molecule has 0 spiro atoms. The van der Waals surface area contributed by atoms with Gasteiger partial charge in [-0.15, -0.1) is 0 Å². The smallest absolute Gasteiger partial charge is 0.213 e. The third-order valence-electron chi connectivity index (χ3n) is 2.90. The van der Waals surface area contributed by atoms with E-state index in [-0.39, 0.29) is 0 Å². The van der Waals surface area contributed by atoms with Crippen LogP contribution in [-0.4, -0.2) is 33.2 Å². The first kappa shape index (κ1) is 14.2. The Morgan fingerprint density at radius 1 is 1.10 bits per heavy atom. The second kappa shape index (κ2) is 6.83. The molecule has 0 aliphatic carbocycles. The van der Waals surface area contributed by atoms with E-state index in [1.165, 1.54) is 6.39 Å². The first-order valence-corrected chi connectivity index (χ1v) is 6.85. The van der Waals surface area contributed by atoms with Crippen molar-refractivity contribution in [2.24, 2.45) is 0 Å². The Bertz CT molecular complexity index is 540. The van der Waals surface area contributed by atoms with Crippen LogP contribution in [0.15, 0.2) is 10.9 Å². The van der Waals surface area contributed by atoms with Crippen LogP contribution < -0.4 is 10.6 Å². The van der Waals surface area contributed by atoms with Crippen molar-refractivity contribution in [2.45, 2.75) is 33.6 Å².